The number of nitrogens with one attached hydrogen (secondary N) is 2. The number of aliphatic hydroxyl groups excluding tert-OH is 1. The lowest BCUT2D eigenvalue weighted by Crippen LogP contribution is -2.46. The van der Waals surface area contributed by atoms with E-state index in [1.165, 1.54) is 30.9 Å². The molecule has 1 aliphatic heterocycles. The Morgan fingerprint density at radius 3 is 2.61 bits per heavy atom. The molecule has 1 aromatic heterocycles. The standard InChI is InChI=1S/C37H47N3O4/c1-3-26-14-16-33-30(21-26)31(22-37(44-33)18-7-8-19-37)38-23-32(41)35(27-11-5-4-6-12-27)39-36(43)28-15-17-34(42)40(24-28)29-13-9-10-25(2)20-29/h4-6,11-12,14-17,21,24-25,29,31-32,35,38,41H,3,7-10,13,18-20,22-23H2,1-2H3,(H,39,43)/t25?,29?,31-,32+,35-/m0/s1. The SMILES string of the molecule is CCc1ccc2c(c1)[C@@H](NC[C@@H](O)[C@@H](NC(=O)c1ccc(=O)n(C3CCCC(C)C3)c1)c1ccccc1)CC1(CCCC1)O2. The van der Waals surface area contributed by atoms with Crippen molar-refractivity contribution in [1.82, 2.24) is 15.2 Å². The Balaban J connectivity index is 1.21. The quantitative estimate of drug-likeness (QED) is 0.265. The number of amides is 1. The van der Waals surface area contributed by atoms with Crippen molar-refractivity contribution in [3.63, 3.8) is 0 Å². The minimum absolute atomic E-state index is 0.0477. The summed E-state index contributed by atoms with van der Waals surface area (Å²) >= 11 is 0. The highest BCUT2D eigenvalue weighted by molar-refractivity contribution is 5.94. The zero-order valence-electron chi connectivity index (χ0n) is 26.1. The van der Waals surface area contributed by atoms with Crippen molar-refractivity contribution >= 4 is 5.91 Å². The highest BCUT2D eigenvalue weighted by Gasteiger charge is 2.43. The fraction of sp³-hybridized carbons (Fsp3) is 0.514. The van der Waals surface area contributed by atoms with Gasteiger partial charge in [0.1, 0.15) is 11.4 Å². The van der Waals surface area contributed by atoms with Gasteiger partial charge in [0, 0.05) is 42.9 Å². The third-order valence-electron chi connectivity index (χ3n) is 10.2. The summed E-state index contributed by atoms with van der Waals surface area (Å²) in [6.07, 6.45) is 11.2. The normalized spacial score (nSPS) is 23.8. The summed E-state index contributed by atoms with van der Waals surface area (Å²) in [5.74, 6) is 1.20. The molecule has 3 N–H and O–H groups in total. The van der Waals surface area contributed by atoms with Gasteiger partial charge in [0.05, 0.1) is 17.7 Å². The maximum absolute atomic E-state index is 13.7. The Morgan fingerprint density at radius 2 is 1.86 bits per heavy atom. The first-order valence-electron chi connectivity index (χ1n) is 16.7. The molecule has 3 aliphatic rings. The molecule has 0 radical (unpaired) electrons. The van der Waals surface area contributed by atoms with E-state index in [1.807, 2.05) is 30.3 Å². The van der Waals surface area contributed by atoms with E-state index in [9.17, 15) is 14.7 Å². The summed E-state index contributed by atoms with van der Waals surface area (Å²) in [6.45, 7) is 4.68. The molecule has 5 atom stereocenters. The largest absolute Gasteiger partial charge is 0.487 e. The van der Waals surface area contributed by atoms with Crippen LogP contribution in [0.2, 0.25) is 0 Å². The molecule has 6 rings (SSSR count). The molecule has 2 heterocycles. The topological polar surface area (TPSA) is 92.6 Å². The molecule has 2 aliphatic carbocycles. The summed E-state index contributed by atoms with van der Waals surface area (Å²) < 4.78 is 8.36. The third-order valence-corrected chi connectivity index (χ3v) is 10.2. The number of aliphatic hydroxyl groups is 1. The second-order valence-corrected chi connectivity index (χ2v) is 13.4. The molecule has 44 heavy (non-hydrogen) atoms. The maximum atomic E-state index is 13.7. The smallest absolute Gasteiger partial charge is 0.253 e. The van der Waals surface area contributed by atoms with Gasteiger partial charge >= 0.3 is 0 Å². The monoisotopic (exact) mass is 597 g/mol. The Kier molecular flexibility index (Phi) is 9.24. The van der Waals surface area contributed by atoms with E-state index < -0.39 is 12.1 Å². The van der Waals surface area contributed by atoms with E-state index in [0.717, 1.165) is 61.8 Å². The molecule has 2 unspecified atom stereocenters. The fourth-order valence-corrected chi connectivity index (χ4v) is 7.69. The van der Waals surface area contributed by atoms with Gasteiger partial charge < -0.3 is 25.0 Å². The number of carbonyl (C=O) groups is 1. The molecule has 7 heteroatoms. The van der Waals surface area contributed by atoms with E-state index >= 15 is 0 Å². The number of benzene rings is 2. The van der Waals surface area contributed by atoms with Crippen LogP contribution in [0.15, 0.2) is 71.7 Å². The van der Waals surface area contributed by atoms with Gasteiger partial charge in [-0.25, -0.2) is 0 Å². The molecule has 2 aromatic carbocycles. The van der Waals surface area contributed by atoms with Crippen LogP contribution in [-0.4, -0.2) is 33.8 Å². The van der Waals surface area contributed by atoms with Crippen LogP contribution < -0.4 is 20.9 Å². The Bertz CT molecular complexity index is 1500. The molecular weight excluding hydrogens is 550 g/mol. The van der Waals surface area contributed by atoms with Gasteiger partial charge in [0.15, 0.2) is 0 Å². The van der Waals surface area contributed by atoms with E-state index in [4.69, 9.17) is 4.74 Å². The minimum Gasteiger partial charge on any atom is -0.487 e. The van der Waals surface area contributed by atoms with Crippen molar-refractivity contribution in [3.05, 3.63) is 99.5 Å². The van der Waals surface area contributed by atoms with Gasteiger partial charge in [0.2, 0.25) is 0 Å². The highest BCUT2D eigenvalue weighted by Crippen LogP contribution is 2.47. The molecular formula is C37H47N3O4. The summed E-state index contributed by atoms with van der Waals surface area (Å²) in [7, 11) is 0. The maximum Gasteiger partial charge on any atom is 0.253 e. The fourth-order valence-electron chi connectivity index (χ4n) is 7.69. The number of hydrogen-bond donors (Lipinski definition) is 3. The van der Waals surface area contributed by atoms with Gasteiger partial charge in [-0.1, -0.05) is 69.2 Å². The first kappa shape index (κ1) is 30.6. The van der Waals surface area contributed by atoms with Gasteiger partial charge in [-0.2, -0.15) is 0 Å². The van der Waals surface area contributed by atoms with Crippen LogP contribution in [0.1, 0.15) is 117 Å². The van der Waals surface area contributed by atoms with E-state index in [-0.39, 0.29) is 29.2 Å². The van der Waals surface area contributed by atoms with E-state index in [2.05, 4.69) is 42.7 Å². The number of nitrogens with zero attached hydrogens (tertiary/aromatic N) is 1. The molecule has 2 fully saturated rings. The lowest BCUT2D eigenvalue weighted by atomic mass is 9.85. The van der Waals surface area contributed by atoms with Crippen molar-refractivity contribution < 1.29 is 14.6 Å². The molecule has 0 saturated heterocycles. The van der Waals surface area contributed by atoms with E-state index in [1.54, 1.807) is 16.8 Å². The second kappa shape index (κ2) is 13.3. The van der Waals surface area contributed by atoms with Crippen molar-refractivity contribution in [2.45, 2.75) is 108 Å². The van der Waals surface area contributed by atoms with Crippen LogP contribution in [0.25, 0.3) is 0 Å². The van der Waals surface area contributed by atoms with Gasteiger partial charge in [-0.3, -0.25) is 9.59 Å². The summed E-state index contributed by atoms with van der Waals surface area (Å²) in [5.41, 5.74) is 3.44. The lowest BCUT2D eigenvalue weighted by molar-refractivity contribution is 0.0326. The number of aryl methyl sites for hydroxylation is 1. The number of pyridine rings is 1. The number of hydrogen-bond acceptors (Lipinski definition) is 5. The molecule has 0 bridgehead atoms. The number of ether oxygens (including phenoxy) is 1. The van der Waals surface area contributed by atoms with Crippen LogP contribution >= 0.6 is 0 Å². The Labute approximate surface area is 261 Å². The molecule has 1 spiro atoms. The number of rotatable bonds is 9. The van der Waals surface area contributed by atoms with Crippen LogP contribution in [0.4, 0.5) is 0 Å². The zero-order chi connectivity index (χ0) is 30.7. The molecule has 234 valence electrons. The molecule has 1 amide bonds. The Morgan fingerprint density at radius 1 is 1.07 bits per heavy atom. The van der Waals surface area contributed by atoms with Crippen LogP contribution in [0, 0.1) is 5.92 Å². The molecule has 7 nitrogen and oxygen atoms in total. The Hall–Kier alpha value is -3.42. The van der Waals surface area contributed by atoms with Crippen LogP contribution in [0.5, 0.6) is 5.75 Å². The summed E-state index contributed by atoms with van der Waals surface area (Å²) in [5, 5.41) is 18.5. The highest BCUT2D eigenvalue weighted by atomic mass is 16.5. The third kappa shape index (κ3) is 6.64. The average Bonchev–Trinajstić information content (AvgIpc) is 3.49. The molecule has 3 aromatic rings. The zero-order valence-corrected chi connectivity index (χ0v) is 26.1. The van der Waals surface area contributed by atoms with Crippen LogP contribution in [0.3, 0.4) is 0 Å². The van der Waals surface area contributed by atoms with Gasteiger partial charge in [-0.05, 0) is 74.1 Å². The number of carbonyl (C=O) groups excluding carboxylic acids is 1. The van der Waals surface area contributed by atoms with E-state index in [0.29, 0.717) is 18.0 Å². The summed E-state index contributed by atoms with van der Waals surface area (Å²) in [6, 6.07) is 18.8. The number of fused-ring (bicyclic) bond motifs is 1. The van der Waals surface area contributed by atoms with Crippen molar-refractivity contribution in [3.8, 4) is 5.75 Å². The number of aromatic nitrogens is 1. The second-order valence-electron chi connectivity index (χ2n) is 13.4. The predicted molar refractivity (Wildman–Crippen MR) is 173 cm³/mol. The lowest BCUT2D eigenvalue weighted by Gasteiger charge is -2.41. The van der Waals surface area contributed by atoms with Crippen molar-refractivity contribution in [1.29, 1.82) is 0 Å². The average molecular weight is 598 g/mol. The minimum atomic E-state index is -0.883. The predicted octanol–water partition coefficient (Wildman–Crippen LogP) is 6.42. The van der Waals surface area contributed by atoms with Gasteiger partial charge in [0.25, 0.3) is 11.5 Å². The van der Waals surface area contributed by atoms with Gasteiger partial charge in [-0.15, -0.1) is 0 Å². The molecule has 2 saturated carbocycles. The van der Waals surface area contributed by atoms with Crippen molar-refractivity contribution in [2.75, 3.05) is 6.54 Å². The first-order valence-corrected chi connectivity index (χ1v) is 16.7. The van der Waals surface area contributed by atoms with Crippen LogP contribution in [-0.2, 0) is 6.42 Å². The first-order chi connectivity index (χ1) is 21.3. The summed E-state index contributed by atoms with van der Waals surface area (Å²) in [4.78, 5) is 26.5. The van der Waals surface area contributed by atoms with Crippen molar-refractivity contribution in [2.24, 2.45) is 5.92 Å².